The van der Waals surface area contributed by atoms with Gasteiger partial charge in [-0.15, -0.1) is 13.2 Å². The number of halogens is 3. The molecule has 0 amide bonds. The van der Waals surface area contributed by atoms with Crippen LogP contribution >= 0.6 is 0 Å². The van der Waals surface area contributed by atoms with Gasteiger partial charge < -0.3 is 10.5 Å². The second-order valence-electron chi connectivity index (χ2n) is 4.16. The molecule has 2 rings (SSSR count). The molecule has 0 spiro atoms. The molecule has 108 valence electrons. The summed E-state index contributed by atoms with van der Waals surface area (Å²) in [7, 11) is 0. The Morgan fingerprint density at radius 2 is 2.00 bits per heavy atom. The number of nitriles is 1. The third-order valence-corrected chi connectivity index (χ3v) is 2.62. The van der Waals surface area contributed by atoms with Gasteiger partial charge in [-0.05, 0) is 23.8 Å². The molecule has 0 aliphatic heterocycles. The van der Waals surface area contributed by atoms with Crippen molar-refractivity contribution in [1.82, 2.24) is 4.98 Å². The lowest BCUT2D eigenvalue weighted by molar-refractivity contribution is -0.274. The molecule has 0 bridgehead atoms. The number of para-hydroxylation sites is 1. The van der Waals surface area contributed by atoms with E-state index in [9.17, 15) is 13.2 Å². The summed E-state index contributed by atoms with van der Waals surface area (Å²) in [6, 6.07) is 9.06. The van der Waals surface area contributed by atoms with Gasteiger partial charge in [0.2, 0.25) is 0 Å². The summed E-state index contributed by atoms with van der Waals surface area (Å²) in [6.45, 7) is 0. The van der Waals surface area contributed by atoms with E-state index in [0.29, 0.717) is 5.56 Å². The molecule has 0 fully saturated rings. The number of nitrogens with zero attached hydrogens (tertiary/aromatic N) is 2. The second kappa shape index (κ2) is 5.71. The van der Waals surface area contributed by atoms with Gasteiger partial charge >= 0.3 is 6.36 Å². The number of pyridine rings is 1. The van der Waals surface area contributed by atoms with E-state index in [2.05, 4.69) is 9.72 Å². The highest BCUT2D eigenvalue weighted by molar-refractivity contribution is 5.77. The molecule has 0 saturated carbocycles. The lowest BCUT2D eigenvalue weighted by Gasteiger charge is -2.14. The van der Waals surface area contributed by atoms with Crippen LogP contribution < -0.4 is 10.5 Å². The van der Waals surface area contributed by atoms with Crippen LogP contribution in [-0.2, 0) is 6.42 Å². The smallest absolute Gasteiger partial charge is 0.405 e. The van der Waals surface area contributed by atoms with Gasteiger partial charge in [-0.1, -0.05) is 12.1 Å². The molecule has 0 unspecified atom stereocenters. The van der Waals surface area contributed by atoms with Crippen LogP contribution in [0.4, 0.5) is 18.9 Å². The Labute approximate surface area is 118 Å². The van der Waals surface area contributed by atoms with Crippen LogP contribution in [0.1, 0.15) is 5.56 Å². The monoisotopic (exact) mass is 293 g/mol. The largest absolute Gasteiger partial charge is 0.573 e. The number of nitrogen functional groups attached to an aromatic ring is 1. The Morgan fingerprint density at radius 3 is 2.62 bits per heavy atom. The summed E-state index contributed by atoms with van der Waals surface area (Å²) in [4.78, 5) is 4.03. The van der Waals surface area contributed by atoms with Gasteiger partial charge in [0.25, 0.3) is 0 Å². The van der Waals surface area contributed by atoms with Crippen molar-refractivity contribution in [1.29, 1.82) is 5.26 Å². The topological polar surface area (TPSA) is 71.9 Å². The van der Waals surface area contributed by atoms with Crippen molar-refractivity contribution in [3.8, 4) is 23.1 Å². The molecule has 21 heavy (non-hydrogen) atoms. The van der Waals surface area contributed by atoms with Crippen LogP contribution in [0.3, 0.4) is 0 Å². The molecule has 7 heteroatoms. The van der Waals surface area contributed by atoms with Crippen LogP contribution in [0.2, 0.25) is 0 Å². The molecule has 0 aliphatic rings. The van der Waals surface area contributed by atoms with Crippen LogP contribution in [0.25, 0.3) is 11.3 Å². The maximum atomic E-state index is 12.4. The standard InChI is InChI=1S/C14H10F3N3O/c15-14(16,17)21-12-4-2-1-3-10(12)13-11(19)7-9(5-6-18)8-20-13/h1-4,7-8H,5,19H2. The average Bonchev–Trinajstić information content (AvgIpc) is 2.39. The fourth-order valence-electron chi connectivity index (χ4n) is 1.82. The number of nitrogens with two attached hydrogens (primary N) is 1. The van der Waals surface area contributed by atoms with Crippen LogP contribution in [0, 0.1) is 11.3 Å². The maximum absolute atomic E-state index is 12.4. The number of ether oxygens (including phenoxy) is 1. The number of aromatic nitrogens is 1. The Balaban J connectivity index is 2.45. The first-order valence-electron chi connectivity index (χ1n) is 5.87. The van der Waals surface area contributed by atoms with Crippen molar-refractivity contribution >= 4 is 5.69 Å². The molecule has 1 aromatic carbocycles. The number of anilines is 1. The van der Waals surface area contributed by atoms with Gasteiger partial charge in [0.15, 0.2) is 0 Å². The third-order valence-electron chi connectivity index (χ3n) is 2.62. The number of hydrogen-bond acceptors (Lipinski definition) is 4. The van der Waals surface area contributed by atoms with Crippen molar-refractivity contribution in [2.24, 2.45) is 0 Å². The predicted molar refractivity (Wildman–Crippen MR) is 70.1 cm³/mol. The SMILES string of the molecule is N#CCc1cnc(-c2ccccc2OC(F)(F)F)c(N)c1. The van der Waals surface area contributed by atoms with E-state index in [0.717, 1.165) is 0 Å². The van der Waals surface area contributed by atoms with E-state index in [1.165, 1.54) is 30.5 Å². The minimum Gasteiger partial charge on any atom is -0.405 e. The minimum absolute atomic E-state index is 0.123. The van der Waals surface area contributed by atoms with Gasteiger partial charge in [0, 0.05) is 11.8 Å². The summed E-state index contributed by atoms with van der Waals surface area (Å²) in [5, 5.41) is 8.61. The lowest BCUT2D eigenvalue weighted by atomic mass is 10.1. The Morgan fingerprint density at radius 1 is 1.29 bits per heavy atom. The number of hydrogen-bond donors (Lipinski definition) is 1. The van der Waals surface area contributed by atoms with Gasteiger partial charge in [-0.3, -0.25) is 4.98 Å². The minimum atomic E-state index is -4.80. The van der Waals surface area contributed by atoms with Crippen LogP contribution in [0.5, 0.6) is 5.75 Å². The molecule has 0 radical (unpaired) electrons. The van der Waals surface area contributed by atoms with Crippen molar-refractivity contribution in [2.45, 2.75) is 12.8 Å². The average molecular weight is 293 g/mol. The first kappa shape index (κ1) is 14.7. The lowest BCUT2D eigenvalue weighted by Crippen LogP contribution is -2.17. The Kier molecular flexibility index (Phi) is 3.98. The van der Waals surface area contributed by atoms with Gasteiger partial charge in [-0.25, -0.2) is 0 Å². The zero-order valence-corrected chi connectivity index (χ0v) is 10.7. The van der Waals surface area contributed by atoms with E-state index in [-0.39, 0.29) is 29.1 Å². The highest BCUT2D eigenvalue weighted by atomic mass is 19.4. The van der Waals surface area contributed by atoms with Gasteiger partial charge in [0.1, 0.15) is 5.75 Å². The first-order chi connectivity index (χ1) is 9.90. The molecular weight excluding hydrogens is 283 g/mol. The van der Waals surface area contributed by atoms with Gasteiger partial charge in [0.05, 0.1) is 23.9 Å². The van der Waals surface area contributed by atoms with Gasteiger partial charge in [-0.2, -0.15) is 5.26 Å². The summed E-state index contributed by atoms with van der Waals surface area (Å²) < 4.78 is 41.1. The van der Waals surface area contributed by atoms with Crippen molar-refractivity contribution in [3.05, 3.63) is 42.1 Å². The fourth-order valence-corrected chi connectivity index (χ4v) is 1.82. The van der Waals surface area contributed by atoms with Crippen LogP contribution in [0.15, 0.2) is 36.5 Å². The number of rotatable bonds is 3. The molecular formula is C14H10F3N3O. The normalized spacial score (nSPS) is 11.0. The number of benzene rings is 1. The molecule has 0 aliphatic carbocycles. The number of alkyl halides is 3. The molecule has 1 aromatic heterocycles. The van der Waals surface area contributed by atoms with E-state index < -0.39 is 6.36 Å². The maximum Gasteiger partial charge on any atom is 0.573 e. The quantitative estimate of drug-likeness (QED) is 0.942. The molecule has 2 N–H and O–H groups in total. The van der Waals surface area contributed by atoms with Crippen LogP contribution in [-0.4, -0.2) is 11.3 Å². The van der Waals surface area contributed by atoms with Crippen molar-refractivity contribution in [2.75, 3.05) is 5.73 Å². The highest BCUT2D eigenvalue weighted by Crippen LogP contribution is 2.35. The summed E-state index contributed by atoms with van der Waals surface area (Å²) >= 11 is 0. The molecule has 0 saturated heterocycles. The van der Waals surface area contributed by atoms with E-state index in [1.54, 1.807) is 6.07 Å². The van der Waals surface area contributed by atoms with Crippen molar-refractivity contribution < 1.29 is 17.9 Å². The zero-order chi connectivity index (χ0) is 15.5. The Hall–Kier alpha value is -2.75. The second-order valence-corrected chi connectivity index (χ2v) is 4.16. The van der Waals surface area contributed by atoms with E-state index >= 15 is 0 Å². The third kappa shape index (κ3) is 3.63. The zero-order valence-electron chi connectivity index (χ0n) is 10.7. The van der Waals surface area contributed by atoms with E-state index in [4.69, 9.17) is 11.0 Å². The molecule has 2 aromatic rings. The molecule has 4 nitrogen and oxygen atoms in total. The van der Waals surface area contributed by atoms with Crippen molar-refractivity contribution in [3.63, 3.8) is 0 Å². The molecule has 0 atom stereocenters. The highest BCUT2D eigenvalue weighted by Gasteiger charge is 2.32. The summed E-state index contributed by atoms with van der Waals surface area (Å²) in [6.07, 6.45) is -3.27. The predicted octanol–water partition coefficient (Wildman–Crippen LogP) is 3.30. The summed E-state index contributed by atoms with van der Waals surface area (Å²) in [5.74, 6) is -0.378. The van der Waals surface area contributed by atoms with E-state index in [1.807, 2.05) is 6.07 Å². The molecule has 1 heterocycles. The Bertz CT molecular complexity index is 693. The first-order valence-corrected chi connectivity index (χ1v) is 5.87. The summed E-state index contributed by atoms with van der Waals surface area (Å²) in [5.41, 5.74) is 6.89. The fraction of sp³-hybridized carbons (Fsp3) is 0.143.